The van der Waals surface area contributed by atoms with Gasteiger partial charge in [0.05, 0.1) is 12.6 Å². The van der Waals surface area contributed by atoms with Crippen molar-refractivity contribution >= 4 is 12.0 Å². The summed E-state index contributed by atoms with van der Waals surface area (Å²) in [5.74, 6) is -0.265. The van der Waals surface area contributed by atoms with Crippen LogP contribution in [0.15, 0.2) is 84.9 Å². The Morgan fingerprint density at radius 3 is 2.09 bits per heavy atom. The van der Waals surface area contributed by atoms with Crippen LogP contribution in [-0.2, 0) is 24.2 Å². The number of ether oxygens (including phenoxy) is 1. The Morgan fingerprint density at radius 2 is 1.46 bits per heavy atom. The van der Waals surface area contributed by atoms with Crippen LogP contribution in [0, 0.1) is 5.92 Å². The predicted molar refractivity (Wildman–Crippen MR) is 135 cm³/mol. The van der Waals surface area contributed by atoms with E-state index < -0.39 is 12.2 Å². The van der Waals surface area contributed by atoms with E-state index in [1.54, 1.807) is 0 Å². The second kappa shape index (κ2) is 12.2. The number of nitrogens with zero attached hydrogens (tertiary/aromatic N) is 1. The van der Waals surface area contributed by atoms with Crippen LogP contribution < -0.4 is 5.32 Å². The molecule has 4 rings (SSSR count). The number of carbonyl (C=O) groups excluding carboxylic acids is 2. The molecule has 2 N–H and O–H groups in total. The second-order valence-electron chi connectivity index (χ2n) is 8.99. The van der Waals surface area contributed by atoms with Crippen molar-refractivity contribution in [2.24, 2.45) is 5.92 Å². The molecular formula is C29H32N2O4. The number of rotatable bonds is 8. The van der Waals surface area contributed by atoms with Crippen molar-refractivity contribution < 1.29 is 19.4 Å². The number of likely N-dealkylation sites (tertiary alicyclic amines) is 1. The van der Waals surface area contributed by atoms with Gasteiger partial charge in [0.15, 0.2) is 0 Å². The monoisotopic (exact) mass is 472 g/mol. The van der Waals surface area contributed by atoms with E-state index in [2.05, 4.69) is 17.4 Å². The molecule has 6 heteroatoms. The number of aliphatic hydroxyl groups is 1. The predicted octanol–water partition coefficient (Wildman–Crippen LogP) is 4.22. The first kappa shape index (κ1) is 24.5. The van der Waals surface area contributed by atoms with Gasteiger partial charge in [0.1, 0.15) is 6.61 Å². The number of nitrogens with one attached hydrogen (secondary N) is 1. The van der Waals surface area contributed by atoms with Gasteiger partial charge in [-0.2, -0.15) is 0 Å². The van der Waals surface area contributed by atoms with E-state index in [1.165, 1.54) is 16.0 Å². The van der Waals surface area contributed by atoms with Crippen molar-refractivity contribution in [1.29, 1.82) is 0 Å². The average molecular weight is 473 g/mol. The highest BCUT2D eigenvalue weighted by Gasteiger charge is 2.31. The summed E-state index contributed by atoms with van der Waals surface area (Å²) < 4.78 is 5.37. The summed E-state index contributed by atoms with van der Waals surface area (Å²) in [7, 11) is 0. The maximum atomic E-state index is 12.6. The molecule has 2 atom stereocenters. The van der Waals surface area contributed by atoms with Crippen LogP contribution in [0.25, 0.3) is 0 Å². The van der Waals surface area contributed by atoms with Crippen LogP contribution in [0.1, 0.15) is 33.5 Å². The van der Waals surface area contributed by atoms with Crippen molar-refractivity contribution in [3.8, 4) is 0 Å². The lowest BCUT2D eigenvalue weighted by atomic mass is 9.94. The molecule has 3 aromatic carbocycles. The minimum Gasteiger partial charge on any atom is -0.445 e. The molecule has 0 radical (unpaired) electrons. The van der Waals surface area contributed by atoms with Crippen molar-refractivity contribution in [2.45, 2.75) is 32.0 Å². The summed E-state index contributed by atoms with van der Waals surface area (Å²) in [6.07, 6.45) is 1.34. The smallest absolute Gasteiger partial charge is 0.410 e. The molecule has 0 saturated carbocycles. The zero-order valence-electron chi connectivity index (χ0n) is 19.8. The minimum atomic E-state index is -0.714. The molecule has 1 aliphatic rings. The van der Waals surface area contributed by atoms with Crippen molar-refractivity contribution in [3.63, 3.8) is 0 Å². The van der Waals surface area contributed by atoms with Crippen LogP contribution in [-0.4, -0.2) is 47.7 Å². The van der Waals surface area contributed by atoms with Crippen LogP contribution in [0.3, 0.4) is 0 Å². The zero-order chi connectivity index (χ0) is 24.5. The molecule has 0 spiro atoms. The summed E-state index contributed by atoms with van der Waals surface area (Å²) in [6, 6.07) is 27.5. The molecular weight excluding hydrogens is 440 g/mol. The fourth-order valence-corrected chi connectivity index (χ4v) is 4.28. The van der Waals surface area contributed by atoms with Gasteiger partial charge in [-0.25, -0.2) is 4.79 Å². The quantitative estimate of drug-likeness (QED) is 0.515. The third kappa shape index (κ3) is 7.17. The van der Waals surface area contributed by atoms with Crippen LogP contribution in [0.4, 0.5) is 4.79 Å². The first-order chi connectivity index (χ1) is 17.1. The van der Waals surface area contributed by atoms with Gasteiger partial charge in [0.25, 0.3) is 5.91 Å². The highest BCUT2D eigenvalue weighted by molar-refractivity contribution is 5.94. The lowest BCUT2D eigenvalue weighted by Crippen LogP contribution is -2.49. The molecule has 1 heterocycles. The van der Waals surface area contributed by atoms with E-state index in [9.17, 15) is 14.7 Å². The van der Waals surface area contributed by atoms with E-state index in [0.29, 0.717) is 25.1 Å². The molecule has 0 unspecified atom stereocenters. The van der Waals surface area contributed by atoms with Crippen LogP contribution in [0.5, 0.6) is 0 Å². The van der Waals surface area contributed by atoms with Crippen LogP contribution in [0.2, 0.25) is 0 Å². The number of β-amino-alcohol motifs (C(OH)–C–C–N with tert-alkyl or cyclic N) is 1. The molecule has 6 nitrogen and oxygen atoms in total. The fourth-order valence-electron chi connectivity index (χ4n) is 4.28. The first-order valence-corrected chi connectivity index (χ1v) is 12.1. The summed E-state index contributed by atoms with van der Waals surface area (Å²) in [5, 5.41) is 13.5. The lowest BCUT2D eigenvalue weighted by molar-refractivity contribution is 0.0139. The van der Waals surface area contributed by atoms with Gasteiger partial charge in [-0.3, -0.25) is 4.79 Å². The Bertz CT molecular complexity index is 1090. The fraction of sp³-hybridized carbons (Fsp3) is 0.310. The number of aryl methyl sites for hydroxylation is 2. The van der Waals surface area contributed by atoms with Gasteiger partial charge in [-0.05, 0) is 48.1 Å². The minimum absolute atomic E-state index is 0.109. The van der Waals surface area contributed by atoms with E-state index in [-0.39, 0.29) is 25.0 Å². The zero-order valence-corrected chi connectivity index (χ0v) is 19.8. The molecule has 0 aliphatic carbocycles. The summed E-state index contributed by atoms with van der Waals surface area (Å²) in [5.41, 5.74) is 4.00. The van der Waals surface area contributed by atoms with Gasteiger partial charge in [-0.1, -0.05) is 72.8 Å². The Hall–Kier alpha value is -3.64. The molecule has 1 fully saturated rings. The highest BCUT2D eigenvalue weighted by atomic mass is 16.6. The normalized spacial score (nSPS) is 17.6. The first-order valence-electron chi connectivity index (χ1n) is 12.1. The molecule has 1 saturated heterocycles. The second-order valence-corrected chi connectivity index (χ2v) is 8.99. The van der Waals surface area contributed by atoms with E-state index in [1.807, 2.05) is 72.8 Å². The summed E-state index contributed by atoms with van der Waals surface area (Å²) >= 11 is 0. The Balaban J connectivity index is 1.19. The SMILES string of the molecule is O=C(NC[C@@H]1CCN(C(=O)OCc2ccccc2)C[C@H]1O)c1ccc(CCc2ccccc2)cc1. The molecule has 3 aromatic rings. The molecule has 1 aliphatic heterocycles. The summed E-state index contributed by atoms with van der Waals surface area (Å²) in [6.45, 7) is 1.26. The highest BCUT2D eigenvalue weighted by Crippen LogP contribution is 2.19. The number of aliphatic hydroxyl groups excluding tert-OH is 1. The Morgan fingerprint density at radius 1 is 0.857 bits per heavy atom. The van der Waals surface area contributed by atoms with Gasteiger partial charge >= 0.3 is 6.09 Å². The lowest BCUT2D eigenvalue weighted by Gasteiger charge is -2.35. The summed E-state index contributed by atoms with van der Waals surface area (Å²) in [4.78, 5) is 26.5. The number of hydrogen-bond acceptors (Lipinski definition) is 4. The largest absolute Gasteiger partial charge is 0.445 e. The Labute approximate surface area is 206 Å². The molecule has 0 aromatic heterocycles. The molecule has 182 valence electrons. The number of carbonyl (C=O) groups is 2. The Kier molecular flexibility index (Phi) is 8.52. The van der Waals surface area contributed by atoms with Gasteiger partial charge in [-0.15, -0.1) is 0 Å². The van der Waals surface area contributed by atoms with Gasteiger partial charge < -0.3 is 20.1 Å². The van der Waals surface area contributed by atoms with Gasteiger partial charge in [0.2, 0.25) is 0 Å². The standard InChI is InChI=1S/C29H32N2O4/c32-27-20-31(29(34)35-21-24-9-5-2-6-10-24)18-17-26(27)19-30-28(33)25-15-13-23(14-16-25)12-11-22-7-3-1-4-8-22/h1-10,13-16,26-27,32H,11-12,17-21H2,(H,30,33)/t26-,27+/m0/s1. The molecule has 2 amide bonds. The number of hydrogen-bond donors (Lipinski definition) is 2. The van der Waals surface area contributed by atoms with Crippen molar-refractivity contribution in [3.05, 3.63) is 107 Å². The third-order valence-corrected chi connectivity index (χ3v) is 6.47. The van der Waals surface area contributed by atoms with E-state index in [4.69, 9.17) is 4.74 Å². The van der Waals surface area contributed by atoms with Crippen LogP contribution >= 0.6 is 0 Å². The average Bonchev–Trinajstić information content (AvgIpc) is 2.91. The number of piperidine rings is 1. The third-order valence-electron chi connectivity index (χ3n) is 6.47. The van der Waals surface area contributed by atoms with Gasteiger partial charge in [0, 0.05) is 24.6 Å². The van der Waals surface area contributed by atoms with Crippen molar-refractivity contribution in [2.75, 3.05) is 19.6 Å². The molecule has 35 heavy (non-hydrogen) atoms. The maximum Gasteiger partial charge on any atom is 0.410 e. The van der Waals surface area contributed by atoms with E-state index >= 15 is 0 Å². The van der Waals surface area contributed by atoms with Crippen molar-refractivity contribution in [1.82, 2.24) is 10.2 Å². The van der Waals surface area contributed by atoms with E-state index in [0.717, 1.165) is 18.4 Å². The number of benzene rings is 3. The maximum absolute atomic E-state index is 12.6. The molecule has 0 bridgehead atoms. The topological polar surface area (TPSA) is 78.9 Å². The number of amides is 2.